The van der Waals surface area contributed by atoms with Gasteiger partial charge in [0.2, 0.25) is 0 Å². The van der Waals surface area contributed by atoms with E-state index in [2.05, 4.69) is 31.2 Å². The van der Waals surface area contributed by atoms with Crippen molar-refractivity contribution in [1.82, 2.24) is 15.3 Å². The number of pyridine rings is 1. The van der Waals surface area contributed by atoms with Crippen molar-refractivity contribution in [3.05, 3.63) is 68.9 Å². The Morgan fingerprint density at radius 3 is 2.88 bits per heavy atom. The summed E-state index contributed by atoms with van der Waals surface area (Å²) in [7, 11) is 0. The number of halogens is 1. The molecule has 4 aromatic rings. The van der Waals surface area contributed by atoms with Crippen LogP contribution in [0.4, 0.5) is 0 Å². The lowest BCUT2D eigenvalue weighted by Gasteiger charge is -2.01. The highest BCUT2D eigenvalue weighted by atomic mass is 79.9. The average Bonchev–Trinajstić information content (AvgIpc) is 3.26. The molecule has 0 atom stereocenters. The van der Waals surface area contributed by atoms with Crippen LogP contribution in [-0.4, -0.2) is 15.9 Å². The molecule has 1 N–H and O–H groups in total. The van der Waals surface area contributed by atoms with Gasteiger partial charge >= 0.3 is 0 Å². The Balaban J connectivity index is 1.49. The normalized spacial score (nSPS) is 11.0. The highest BCUT2D eigenvalue weighted by molar-refractivity contribution is 9.10. The van der Waals surface area contributed by atoms with Crippen LogP contribution >= 0.6 is 27.3 Å². The summed E-state index contributed by atoms with van der Waals surface area (Å²) in [5.41, 5.74) is 3.42. The van der Waals surface area contributed by atoms with E-state index in [1.54, 1.807) is 12.4 Å². The monoisotopic (exact) mass is 427 g/mol. The minimum absolute atomic E-state index is 0.240. The number of fused-ring (bicyclic) bond motifs is 1. The molecule has 3 heterocycles. The topological polar surface area (TPSA) is 68.0 Å². The van der Waals surface area contributed by atoms with Gasteiger partial charge in [0.05, 0.1) is 12.2 Å². The van der Waals surface area contributed by atoms with Crippen LogP contribution in [0.1, 0.15) is 21.1 Å². The lowest BCUT2D eigenvalue weighted by atomic mass is 10.1. The summed E-state index contributed by atoms with van der Waals surface area (Å²) in [4.78, 5) is 21.1. The molecule has 0 aliphatic rings. The number of carbonyl (C=O) groups excluding carboxylic acids is 1. The smallest absolute Gasteiger partial charge is 0.287 e. The maximum absolute atomic E-state index is 12.5. The third-order valence-electron chi connectivity index (χ3n) is 4.03. The minimum Gasteiger partial charge on any atom is -0.451 e. The number of carbonyl (C=O) groups is 1. The second-order valence-electron chi connectivity index (χ2n) is 5.74. The SMILES string of the molecule is Cc1c(C(=O)NCc2nc(-c3ccncc3)cs2)oc2ccc(Br)cc12. The number of amides is 1. The molecule has 1 amide bonds. The Bertz CT molecular complexity index is 1090. The van der Waals surface area contributed by atoms with E-state index in [9.17, 15) is 4.79 Å². The van der Waals surface area contributed by atoms with E-state index in [1.165, 1.54) is 11.3 Å². The lowest BCUT2D eigenvalue weighted by molar-refractivity contribution is 0.0924. The number of nitrogens with zero attached hydrogens (tertiary/aromatic N) is 2. The van der Waals surface area contributed by atoms with Gasteiger partial charge in [-0.1, -0.05) is 15.9 Å². The summed E-state index contributed by atoms with van der Waals surface area (Å²) in [6.45, 7) is 2.24. The predicted octanol–water partition coefficient (Wildman–Crippen LogP) is 4.95. The van der Waals surface area contributed by atoms with E-state index in [0.29, 0.717) is 17.9 Å². The molecule has 0 fully saturated rings. The molecule has 0 aliphatic heterocycles. The lowest BCUT2D eigenvalue weighted by Crippen LogP contribution is -2.22. The van der Waals surface area contributed by atoms with Crippen LogP contribution in [0.15, 0.2) is 57.0 Å². The van der Waals surface area contributed by atoms with E-state index in [0.717, 1.165) is 31.7 Å². The van der Waals surface area contributed by atoms with Crippen molar-refractivity contribution >= 4 is 44.1 Å². The Kier molecular flexibility index (Phi) is 4.57. The molecule has 5 nitrogen and oxygen atoms in total. The summed E-state index contributed by atoms with van der Waals surface area (Å²) in [6.07, 6.45) is 3.47. The van der Waals surface area contributed by atoms with E-state index in [4.69, 9.17) is 4.42 Å². The molecule has 0 unspecified atom stereocenters. The summed E-state index contributed by atoms with van der Waals surface area (Å²) < 4.78 is 6.67. The number of hydrogen-bond acceptors (Lipinski definition) is 5. The molecule has 0 saturated carbocycles. The number of aromatic nitrogens is 2. The summed E-state index contributed by atoms with van der Waals surface area (Å²) >= 11 is 4.95. The first-order chi connectivity index (χ1) is 12.6. The van der Waals surface area contributed by atoms with Gasteiger partial charge in [-0.3, -0.25) is 9.78 Å². The highest BCUT2D eigenvalue weighted by Crippen LogP contribution is 2.28. The Morgan fingerprint density at radius 2 is 2.08 bits per heavy atom. The van der Waals surface area contributed by atoms with Crippen molar-refractivity contribution in [3.63, 3.8) is 0 Å². The Morgan fingerprint density at radius 1 is 1.27 bits per heavy atom. The second-order valence-corrected chi connectivity index (χ2v) is 7.60. The average molecular weight is 428 g/mol. The maximum Gasteiger partial charge on any atom is 0.287 e. The molecule has 1 aromatic carbocycles. The molecule has 4 rings (SSSR count). The molecule has 0 spiro atoms. The van der Waals surface area contributed by atoms with Crippen molar-refractivity contribution in [3.8, 4) is 11.3 Å². The maximum atomic E-state index is 12.5. The first kappa shape index (κ1) is 16.9. The van der Waals surface area contributed by atoms with Crippen molar-refractivity contribution in [1.29, 1.82) is 0 Å². The fourth-order valence-corrected chi connectivity index (χ4v) is 3.80. The number of benzene rings is 1. The largest absolute Gasteiger partial charge is 0.451 e. The number of nitrogens with one attached hydrogen (secondary N) is 1. The van der Waals surface area contributed by atoms with Crippen LogP contribution in [0.25, 0.3) is 22.2 Å². The minimum atomic E-state index is -0.240. The highest BCUT2D eigenvalue weighted by Gasteiger charge is 2.18. The third-order valence-corrected chi connectivity index (χ3v) is 5.37. The van der Waals surface area contributed by atoms with Crippen LogP contribution in [0.5, 0.6) is 0 Å². The fourth-order valence-electron chi connectivity index (χ4n) is 2.69. The van der Waals surface area contributed by atoms with Gasteiger partial charge < -0.3 is 9.73 Å². The Labute approximate surface area is 162 Å². The van der Waals surface area contributed by atoms with Gasteiger partial charge in [0.15, 0.2) is 5.76 Å². The molecule has 0 aliphatic carbocycles. The van der Waals surface area contributed by atoms with Gasteiger partial charge in [-0.2, -0.15) is 0 Å². The van der Waals surface area contributed by atoms with Crippen LogP contribution in [0, 0.1) is 6.92 Å². The number of aryl methyl sites for hydroxylation is 1. The van der Waals surface area contributed by atoms with Crippen molar-refractivity contribution < 1.29 is 9.21 Å². The van der Waals surface area contributed by atoms with Gasteiger partial charge in [0, 0.05) is 38.8 Å². The van der Waals surface area contributed by atoms with E-state index >= 15 is 0 Å². The third kappa shape index (κ3) is 3.27. The summed E-state index contributed by atoms with van der Waals surface area (Å²) in [5, 5.41) is 6.62. The van der Waals surface area contributed by atoms with Gasteiger partial charge in [0.25, 0.3) is 5.91 Å². The number of thiazole rings is 1. The molecule has 0 radical (unpaired) electrons. The number of rotatable bonds is 4. The molecule has 0 saturated heterocycles. The van der Waals surface area contributed by atoms with Crippen LogP contribution < -0.4 is 5.32 Å². The van der Waals surface area contributed by atoms with E-state index in [-0.39, 0.29) is 5.91 Å². The van der Waals surface area contributed by atoms with Crippen LogP contribution in [-0.2, 0) is 6.54 Å². The summed E-state index contributed by atoms with van der Waals surface area (Å²) in [6, 6.07) is 9.52. The molecular formula is C19H14BrN3O2S. The Hall–Kier alpha value is -2.51. The number of furan rings is 1. The van der Waals surface area contributed by atoms with E-state index in [1.807, 2.05) is 42.6 Å². The quantitative estimate of drug-likeness (QED) is 0.499. The first-order valence-corrected chi connectivity index (χ1v) is 9.61. The van der Waals surface area contributed by atoms with E-state index < -0.39 is 0 Å². The van der Waals surface area contributed by atoms with Crippen molar-refractivity contribution in [2.24, 2.45) is 0 Å². The second kappa shape index (κ2) is 7.01. The first-order valence-electron chi connectivity index (χ1n) is 7.93. The zero-order valence-corrected chi connectivity index (χ0v) is 16.2. The van der Waals surface area contributed by atoms with Gasteiger partial charge in [0.1, 0.15) is 10.6 Å². The number of hydrogen-bond donors (Lipinski definition) is 1. The predicted molar refractivity (Wildman–Crippen MR) is 105 cm³/mol. The van der Waals surface area contributed by atoms with Crippen molar-refractivity contribution in [2.75, 3.05) is 0 Å². The van der Waals surface area contributed by atoms with Crippen LogP contribution in [0.2, 0.25) is 0 Å². The van der Waals surface area contributed by atoms with Crippen LogP contribution in [0.3, 0.4) is 0 Å². The molecule has 7 heteroatoms. The van der Waals surface area contributed by atoms with Gasteiger partial charge in [-0.05, 0) is 37.3 Å². The van der Waals surface area contributed by atoms with Gasteiger partial charge in [-0.25, -0.2) is 4.98 Å². The summed E-state index contributed by atoms with van der Waals surface area (Å²) in [5.74, 6) is 0.0968. The zero-order valence-electron chi connectivity index (χ0n) is 13.8. The molecule has 26 heavy (non-hydrogen) atoms. The molecular weight excluding hydrogens is 414 g/mol. The molecule has 0 bridgehead atoms. The zero-order chi connectivity index (χ0) is 18.1. The standard InChI is InChI=1S/C19H14BrN3O2S/c1-11-14-8-13(20)2-3-16(14)25-18(11)19(24)22-9-17-23-15(10-26-17)12-4-6-21-7-5-12/h2-8,10H,9H2,1H3,(H,22,24). The molecule has 3 aromatic heterocycles. The molecule has 130 valence electrons. The van der Waals surface area contributed by atoms with Crippen molar-refractivity contribution in [2.45, 2.75) is 13.5 Å². The fraction of sp³-hybridized carbons (Fsp3) is 0.105. The van der Waals surface area contributed by atoms with Gasteiger partial charge in [-0.15, -0.1) is 11.3 Å².